The van der Waals surface area contributed by atoms with Crippen molar-refractivity contribution >= 4 is 0 Å². The van der Waals surface area contributed by atoms with Crippen LogP contribution < -0.4 is 5.43 Å². The van der Waals surface area contributed by atoms with E-state index in [0.717, 1.165) is 22.5 Å². The zero-order chi connectivity index (χ0) is 14.7. The summed E-state index contributed by atoms with van der Waals surface area (Å²) < 4.78 is 0. The Morgan fingerprint density at radius 1 is 1.40 bits per heavy atom. The average molecular weight is 272 g/mol. The van der Waals surface area contributed by atoms with Crippen LogP contribution in [0.5, 0.6) is 0 Å². The zero-order valence-corrected chi connectivity index (χ0v) is 12.3. The van der Waals surface area contributed by atoms with Gasteiger partial charge in [0, 0.05) is 41.8 Å². The molecule has 5 heteroatoms. The summed E-state index contributed by atoms with van der Waals surface area (Å²) in [4.78, 5) is 25.5. The number of nitrogens with zero attached hydrogens (tertiary/aromatic N) is 3. The third kappa shape index (κ3) is 2.93. The quantitative estimate of drug-likeness (QED) is 0.924. The molecule has 0 saturated heterocycles. The number of aromatic amines is 1. The fourth-order valence-electron chi connectivity index (χ4n) is 2.13. The largest absolute Gasteiger partial charge is 0.363 e. The number of hydrogen-bond acceptors (Lipinski definition) is 4. The molecule has 0 aliphatic heterocycles. The molecule has 2 aromatic rings. The molecular weight excluding hydrogens is 252 g/mol. The summed E-state index contributed by atoms with van der Waals surface area (Å²) in [5.74, 6) is 0. The molecule has 106 valence electrons. The van der Waals surface area contributed by atoms with Gasteiger partial charge in [-0.1, -0.05) is 0 Å². The van der Waals surface area contributed by atoms with Crippen molar-refractivity contribution in [3.05, 3.63) is 57.5 Å². The number of rotatable bonds is 4. The van der Waals surface area contributed by atoms with Gasteiger partial charge in [-0.2, -0.15) is 0 Å². The van der Waals surface area contributed by atoms with Crippen molar-refractivity contribution in [1.29, 1.82) is 0 Å². The molecule has 20 heavy (non-hydrogen) atoms. The Morgan fingerprint density at radius 2 is 2.15 bits per heavy atom. The van der Waals surface area contributed by atoms with E-state index in [4.69, 9.17) is 0 Å². The fraction of sp³-hybridized carbons (Fsp3) is 0.400. The smallest absolute Gasteiger partial charge is 0.187 e. The lowest BCUT2D eigenvalue weighted by molar-refractivity contribution is 0.245. The first-order valence-electron chi connectivity index (χ1n) is 6.64. The summed E-state index contributed by atoms with van der Waals surface area (Å²) in [5, 5.41) is 0. The maximum absolute atomic E-state index is 12.0. The Bertz CT molecular complexity index is 636. The molecule has 0 spiro atoms. The Morgan fingerprint density at radius 3 is 2.80 bits per heavy atom. The van der Waals surface area contributed by atoms with E-state index in [9.17, 15) is 4.79 Å². The molecule has 0 saturated carbocycles. The van der Waals surface area contributed by atoms with Crippen LogP contribution in [0.3, 0.4) is 0 Å². The van der Waals surface area contributed by atoms with Crippen molar-refractivity contribution in [2.75, 3.05) is 7.05 Å². The van der Waals surface area contributed by atoms with E-state index < -0.39 is 0 Å². The number of hydrogen-bond donors (Lipinski definition) is 1. The molecule has 2 aromatic heterocycles. The predicted octanol–water partition coefficient (Wildman–Crippen LogP) is 1.97. The number of aryl methyl sites for hydroxylation is 1. The van der Waals surface area contributed by atoms with Crippen molar-refractivity contribution in [3.63, 3.8) is 0 Å². The minimum atomic E-state index is 0.113. The standard InChI is InChI=1S/C15H20N4O/c1-10-7-17-14(11(2)15(10)20)8-19(4)12(3)13-5-6-16-9-18-13/h5-7,9,12H,8H2,1-4H3,(H,17,20)/t12-/m0/s1. The van der Waals surface area contributed by atoms with Gasteiger partial charge in [0.2, 0.25) is 0 Å². The highest BCUT2D eigenvalue weighted by molar-refractivity contribution is 5.23. The van der Waals surface area contributed by atoms with Gasteiger partial charge in [0.25, 0.3) is 0 Å². The van der Waals surface area contributed by atoms with Gasteiger partial charge in [0.15, 0.2) is 5.43 Å². The SMILES string of the molecule is Cc1c[nH]c(CN(C)[C@@H](C)c2ccncn2)c(C)c1=O. The van der Waals surface area contributed by atoms with E-state index in [1.165, 1.54) is 0 Å². The summed E-state index contributed by atoms with van der Waals surface area (Å²) in [6.45, 7) is 6.45. The van der Waals surface area contributed by atoms with E-state index in [1.807, 2.05) is 27.0 Å². The van der Waals surface area contributed by atoms with Gasteiger partial charge in [-0.15, -0.1) is 0 Å². The molecule has 2 rings (SSSR count). The van der Waals surface area contributed by atoms with Crippen LogP contribution in [0.2, 0.25) is 0 Å². The molecule has 0 fully saturated rings. The van der Waals surface area contributed by atoms with E-state index in [-0.39, 0.29) is 11.5 Å². The maximum Gasteiger partial charge on any atom is 0.187 e. The molecule has 0 aliphatic rings. The second-order valence-electron chi connectivity index (χ2n) is 5.13. The van der Waals surface area contributed by atoms with Gasteiger partial charge < -0.3 is 4.98 Å². The summed E-state index contributed by atoms with van der Waals surface area (Å²) in [7, 11) is 2.02. The summed E-state index contributed by atoms with van der Waals surface area (Å²) in [6.07, 6.45) is 5.07. The normalized spacial score (nSPS) is 12.7. The lowest BCUT2D eigenvalue weighted by atomic mass is 10.1. The van der Waals surface area contributed by atoms with Crippen molar-refractivity contribution < 1.29 is 0 Å². The lowest BCUT2D eigenvalue weighted by Gasteiger charge is -2.24. The Labute approximate surface area is 118 Å². The Kier molecular flexibility index (Phi) is 4.29. The Balaban J connectivity index is 2.18. The third-order valence-corrected chi connectivity index (χ3v) is 3.72. The van der Waals surface area contributed by atoms with Crippen LogP contribution >= 0.6 is 0 Å². The number of H-pyrrole nitrogens is 1. The summed E-state index contributed by atoms with van der Waals surface area (Å²) in [6, 6.07) is 2.06. The first kappa shape index (κ1) is 14.4. The molecular formula is C15H20N4O. The van der Waals surface area contributed by atoms with Crippen molar-refractivity contribution in [2.24, 2.45) is 0 Å². The topological polar surface area (TPSA) is 61.9 Å². The van der Waals surface area contributed by atoms with Crippen LogP contribution in [0.4, 0.5) is 0 Å². The van der Waals surface area contributed by atoms with Gasteiger partial charge in [-0.3, -0.25) is 9.69 Å². The molecule has 5 nitrogen and oxygen atoms in total. The van der Waals surface area contributed by atoms with E-state index in [2.05, 4.69) is 26.8 Å². The van der Waals surface area contributed by atoms with Crippen LogP contribution in [0.1, 0.15) is 35.5 Å². The number of nitrogens with one attached hydrogen (secondary N) is 1. The number of pyridine rings is 1. The predicted molar refractivity (Wildman–Crippen MR) is 78.5 cm³/mol. The highest BCUT2D eigenvalue weighted by atomic mass is 16.1. The van der Waals surface area contributed by atoms with Gasteiger partial charge in [-0.05, 0) is 33.9 Å². The highest BCUT2D eigenvalue weighted by Crippen LogP contribution is 2.18. The van der Waals surface area contributed by atoms with Crippen molar-refractivity contribution in [1.82, 2.24) is 19.9 Å². The number of aromatic nitrogens is 3. The van der Waals surface area contributed by atoms with E-state index in [0.29, 0.717) is 6.54 Å². The monoisotopic (exact) mass is 272 g/mol. The van der Waals surface area contributed by atoms with Crippen molar-refractivity contribution in [3.8, 4) is 0 Å². The highest BCUT2D eigenvalue weighted by Gasteiger charge is 2.15. The first-order valence-corrected chi connectivity index (χ1v) is 6.64. The second-order valence-corrected chi connectivity index (χ2v) is 5.13. The molecule has 0 bridgehead atoms. The minimum Gasteiger partial charge on any atom is -0.363 e. The van der Waals surface area contributed by atoms with Gasteiger partial charge in [-0.25, -0.2) is 9.97 Å². The molecule has 0 aliphatic carbocycles. The molecule has 0 unspecified atom stereocenters. The van der Waals surface area contributed by atoms with Crippen LogP contribution in [0, 0.1) is 13.8 Å². The zero-order valence-electron chi connectivity index (χ0n) is 12.3. The third-order valence-electron chi connectivity index (χ3n) is 3.72. The molecule has 2 heterocycles. The van der Waals surface area contributed by atoms with E-state index in [1.54, 1.807) is 18.7 Å². The van der Waals surface area contributed by atoms with Crippen LogP contribution in [0.25, 0.3) is 0 Å². The lowest BCUT2D eigenvalue weighted by Crippen LogP contribution is -2.25. The fourth-order valence-corrected chi connectivity index (χ4v) is 2.13. The first-order chi connectivity index (χ1) is 9.50. The maximum atomic E-state index is 12.0. The van der Waals surface area contributed by atoms with Gasteiger partial charge >= 0.3 is 0 Å². The summed E-state index contributed by atoms with van der Waals surface area (Å²) >= 11 is 0. The second kappa shape index (κ2) is 5.96. The van der Waals surface area contributed by atoms with Crippen LogP contribution in [-0.2, 0) is 6.54 Å². The molecule has 1 N–H and O–H groups in total. The van der Waals surface area contributed by atoms with Gasteiger partial charge in [0.05, 0.1) is 5.69 Å². The van der Waals surface area contributed by atoms with Gasteiger partial charge in [0.1, 0.15) is 6.33 Å². The average Bonchev–Trinajstić information content (AvgIpc) is 2.48. The molecule has 0 amide bonds. The van der Waals surface area contributed by atoms with Crippen molar-refractivity contribution in [2.45, 2.75) is 33.4 Å². The molecule has 0 aromatic carbocycles. The molecule has 0 radical (unpaired) electrons. The Hall–Kier alpha value is -2.01. The molecule has 1 atom stereocenters. The van der Waals surface area contributed by atoms with Crippen LogP contribution in [0.15, 0.2) is 29.6 Å². The van der Waals surface area contributed by atoms with E-state index >= 15 is 0 Å². The minimum absolute atomic E-state index is 0.113. The summed E-state index contributed by atoms with van der Waals surface area (Å²) in [5.41, 5.74) is 3.56. The van der Waals surface area contributed by atoms with Crippen LogP contribution in [-0.4, -0.2) is 26.9 Å².